The van der Waals surface area contributed by atoms with Gasteiger partial charge < -0.3 is 9.13 Å². The summed E-state index contributed by atoms with van der Waals surface area (Å²) < 4.78 is 4.41. The second kappa shape index (κ2) is 30.4. The van der Waals surface area contributed by atoms with Gasteiger partial charge >= 0.3 is 0 Å². The van der Waals surface area contributed by atoms with Gasteiger partial charge in [-0.15, -0.1) is 0 Å². The van der Waals surface area contributed by atoms with Crippen LogP contribution in [-0.4, -0.2) is 39.0 Å². The molecule has 0 aliphatic rings. The van der Waals surface area contributed by atoms with E-state index >= 15 is 0 Å². The van der Waals surface area contributed by atoms with E-state index in [1.165, 1.54) is 0 Å². The molecule has 0 N–H and O–H groups in total. The Bertz CT molecular complexity index is 7040. The van der Waals surface area contributed by atoms with E-state index in [1.54, 1.807) is 72.8 Å². The second-order valence-electron chi connectivity index (χ2n) is 28.7. The summed E-state index contributed by atoms with van der Waals surface area (Å²) in [4.78, 5) is 31.7. The van der Waals surface area contributed by atoms with Crippen LogP contribution in [0.25, 0.3) is 190 Å². The number of rotatable bonds is 14. The number of nitriles is 8. The van der Waals surface area contributed by atoms with E-state index in [0.717, 1.165) is 110 Å². The van der Waals surface area contributed by atoms with Gasteiger partial charge in [-0.05, 0) is 194 Å². The van der Waals surface area contributed by atoms with Crippen LogP contribution in [0.4, 0.5) is 0 Å². The van der Waals surface area contributed by atoms with Crippen molar-refractivity contribution in [3.63, 3.8) is 0 Å². The van der Waals surface area contributed by atoms with Crippen LogP contribution in [-0.2, 0) is 0 Å². The molecule has 0 saturated carbocycles. The van der Waals surface area contributed by atoms with Crippen molar-refractivity contribution in [2.45, 2.75) is 0 Å². The number of nitrogens with zero attached hydrogens (tertiary/aromatic N) is 16. The van der Waals surface area contributed by atoms with E-state index in [-0.39, 0.29) is 0 Å². The van der Waals surface area contributed by atoms with Gasteiger partial charge in [0.2, 0.25) is 0 Å². The highest BCUT2D eigenvalue weighted by atomic mass is 15.1. The minimum absolute atomic E-state index is 0.334. The Kier molecular flexibility index (Phi) is 18.3. The SMILES string of the molecule is N#Cc1ccc(-c2ccc3c(c2)c2cc(-c4ccc(C#N)cc4C#N)ccc2n3-c2cc(-c3cccc(-c4ccc(-c5nc(-c6ccccc6)nc(-c6ccccc6)n5)c(-n5c6ccc(-c7ccc(C#N)cc7C#N)cc6c6cc(-c7ccc(C#N)cc7C#N)ccc65)c4)c3)ccc2-c2nc(-c3ccccc3)nc(-c3ccccc3)n2)c(C#N)c1. The number of aromatic nitrogens is 8. The first-order chi connectivity index (χ1) is 59.1. The first-order valence-corrected chi connectivity index (χ1v) is 38.2. The molecule has 0 amide bonds. The molecule has 19 rings (SSSR count). The van der Waals surface area contributed by atoms with Gasteiger partial charge in [0.1, 0.15) is 0 Å². The molecule has 15 aromatic carbocycles. The van der Waals surface area contributed by atoms with Gasteiger partial charge in [-0.25, -0.2) is 29.9 Å². The van der Waals surface area contributed by atoms with Crippen LogP contribution >= 0.6 is 0 Å². The van der Waals surface area contributed by atoms with Crippen LogP contribution in [0.1, 0.15) is 44.5 Å². The van der Waals surface area contributed by atoms with Crippen LogP contribution in [0.15, 0.2) is 328 Å². The first-order valence-electron chi connectivity index (χ1n) is 38.2. The Labute approximate surface area is 687 Å². The average Bonchev–Trinajstić information content (AvgIpc) is 1.56. The maximum Gasteiger partial charge on any atom is 0.166 e. The Morgan fingerprint density at radius 1 is 0.175 bits per heavy atom. The first kappa shape index (κ1) is 72.1. The van der Waals surface area contributed by atoms with Gasteiger partial charge in [0.15, 0.2) is 34.9 Å². The van der Waals surface area contributed by atoms with Crippen LogP contribution in [0.3, 0.4) is 0 Å². The Morgan fingerprint density at radius 2 is 0.408 bits per heavy atom. The van der Waals surface area contributed by atoms with Crippen molar-refractivity contribution < 1.29 is 0 Å². The maximum absolute atomic E-state index is 10.6. The van der Waals surface area contributed by atoms with E-state index in [1.807, 2.05) is 176 Å². The molecule has 4 heterocycles. The second-order valence-corrected chi connectivity index (χ2v) is 28.7. The molecule has 0 bridgehead atoms. The fourth-order valence-electron chi connectivity index (χ4n) is 16.0. The summed E-state index contributed by atoms with van der Waals surface area (Å²) in [6.07, 6.45) is 0. The fraction of sp³-hybridized carbons (Fsp3) is 0. The van der Waals surface area contributed by atoms with Crippen LogP contribution in [0, 0.1) is 90.6 Å². The third kappa shape index (κ3) is 13.0. The minimum atomic E-state index is 0.334. The lowest BCUT2D eigenvalue weighted by Gasteiger charge is -2.18. The van der Waals surface area contributed by atoms with Gasteiger partial charge in [0.25, 0.3) is 0 Å². The molecule has 0 fully saturated rings. The number of fused-ring (bicyclic) bond motifs is 6. The van der Waals surface area contributed by atoms with E-state index < -0.39 is 0 Å². The normalized spacial score (nSPS) is 10.9. The molecule has 550 valence electrons. The molecule has 0 saturated heterocycles. The van der Waals surface area contributed by atoms with Crippen molar-refractivity contribution in [2.24, 2.45) is 0 Å². The molecule has 4 aromatic heterocycles. The lowest BCUT2D eigenvalue weighted by Crippen LogP contribution is -2.04. The quantitative estimate of drug-likeness (QED) is 0.0979. The van der Waals surface area contributed by atoms with Crippen molar-refractivity contribution in [1.82, 2.24) is 39.0 Å². The third-order valence-electron chi connectivity index (χ3n) is 21.7. The molecule has 0 radical (unpaired) electrons. The molecule has 16 nitrogen and oxygen atoms in total. The Hall–Kier alpha value is -18.2. The molecule has 19 aromatic rings. The zero-order valence-corrected chi connectivity index (χ0v) is 63.3. The van der Waals surface area contributed by atoms with Crippen molar-refractivity contribution in [1.29, 1.82) is 42.1 Å². The van der Waals surface area contributed by atoms with E-state index in [4.69, 9.17) is 29.9 Å². The molecule has 0 spiro atoms. The van der Waals surface area contributed by atoms with Crippen molar-refractivity contribution in [3.8, 4) is 195 Å². The van der Waals surface area contributed by atoms with Gasteiger partial charge in [0.05, 0.1) is 127 Å². The molecule has 0 unspecified atom stereocenters. The zero-order valence-electron chi connectivity index (χ0n) is 63.3. The summed E-state index contributed by atoms with van der Waals surface area (Å²) in [5.41, 5.74) is 20.6. The molecular formula is C104H54N16. The molecular weight excluding hydrogens is 1470 g/mol. The van der Waals surface area contributed by atoms with E-state index in [0.29, 0.717) is 124 Å². The van der Waals surface area contributed by atoms with Crippen molar-refractivity contribution in [2.75, 3.05) is 0 Å². The van der Waals surface area contributed by atoms with Crippen LogP contribution in [0.5, 0.6) is 0 Å². The van der Waals surface area contributed by atoms with E-state index in [2.05, 4.69) is 137 Å². The maximum atomic E-state index is 10.6. The summed E-state index contributed by atoms with van der Waals surface area (Å²) in [7, 11) is 0. The average molecular weight is 1530 g/mol. The minimum Gasteiger partial charge on any atom is -0.308 e. The number of benzene rings is 15. The largest absolute Gasteiger partial charge is 0.308 e. The van der Waals surface area contributed by atoms with Gasteiger partial charge in [-0.2, -0.15) is 42.1 Å². The molecule has 0 aliphatic carbocycles. The standard InChI is InChI=1S/C104H54N16/c105-55-63-24-34-83(79(44-63)59-109)75-30-40-93-89(49-75)90-50-76(84-35-25-64(56-106)45-80(84)60-110)31-41-94(90)119(93)97-53-73(28-38-87(97)103-115-99(67-14-5-1-6-15-67)113-100(116-103)68-16-7-2-8-17-68)71-22-13-23-72(48-71)74-29-39-88(104-117-101(69-18-9-3-10-19-69)114-102(118-104)70-20-11-4-12-21-70)98(54-74)120-95-42-32-77(85-36-26-65(57-107)46-81(85)61-111)51-91(95)92-52-78(33-43-96(92)120)86-37-27-66(58-108)47-82(86)62-112/h1-54H. The van der Waals surface area contributed by atoms with Gasteiger partial charge in [-0.3, -0.25) is 0 Å². The Balaban J connectivity index is 0.854. The smallest absolute Gasteiger partial charge is 0.166 e. The fourth-order valence-corrected chi connectivity index (χ4v) is 16.0. The number of hydrogen-bond donors (Lipinski definition) is 0. The van der Waals surface area contributed by atoms with Gasteiger partial charge in [0, 0.05) is 54.9 Å². The summed E-state index contributed by atoms with van der Waals surface area (Å²) >= 11 is 0. The molecule has 0 atom stereocenters. The lowest BCUT2D eigenvalue weighted by molar-refractivity contribution is 1.06. The predicted octanol–water partition coefficient (Wildman–Crippen LogP) is 23.2. The monoisotopic (exact) mass is 1530 g/mol. The topological polar surface area (TPSA) is 278 Å². The summed E-state index contributed by atoms with van der Waals surface area (Å²) in [5, 5.41) is 85.6. The summed E-state index contributed by atoms with van der Waals surface area (Å²) in [6, 6.07) is 123. The van der Waals surface area contributed by atoms with Crippen molar-refractivity contribution >= 4 is 43.6 Å². The van der Waals surface area contributed by atoms with Crippen LogP contribution < -0.4 is 0 Å². The highest BCUT2D eigenvalue weighted by Crippen LogP contribution is 2.46. The molecule has 120 heavy (non-hydrogen) atoms. The predicted molar refractivity (Wildman–Crippen MR) is 465 cm³/mol. The molecule has 0 aliphatic heterocycles. The highest BCUT2D eigenvalue weighted by molar-refractivity contribution is 6.14. The third-order valence-corrected chi connectivity index (χ3v) is 21.7. The Morgan fingerprint density at radius 3 is 0.667 bits per heavy atom. The molecule has 16 heteroatoms. The van der Waals surface area contributed by atoms with Crippen molar-refractivity contribution in [3.05, 3.63) is 372 Å². The van der Waals surface area contributed by atoms with Gasteiger partial charge in [-0.1, -0.05) is 200 Å². The zero-order chi connectivity index (χ0) is 81.5. The number of hydrogen-bond acceptors (Lipinski definition) is 14. The highest BCUT2D eigenvalue weighted by Gasteiger charge is 2.27. The summed E-state index contributed by atoms with van der Waals surface area (Å²) in [6.45, 7) is 0. The van der Waals surface area contributed by atoms with Crippen LogP contribution in [0.2, 0.25) is 0 Å². The van der Waals surface area contributed by atoms with E-state index in [9.17, 15) is 42.1 Å². The summed E-state index contributed by atoms with van der Waals surface area (Å²) in [5.74, 6) is 2.64. The lowest BCUT2D eigenvalue weighted by atomic mass is 9.95.